The van der Waals surface area contributed by atoms with E-state index >= 15 is 0 Å². The molecule has 0 aliphatic heterocycles. The molecule has 0 aliphatic rings. The molecule has 0 saturated carbocycles. The Kier molecular flexibility index (Phi) is 5.25. The van der Waals surface area contributed by atoms with E-state index in [1.165, 1.54) is 6.07 Å². The summed E-state index contributed by atoms with van der Waals surface area (Å²) in [5, 5.41) is 6.94. The Hall–Kier alpha value is -3.55. The van der Waals surface area contributed by atoms with Crippen LogP contribution in [0.2, 0.25) is 0 Å². The third-order valence-electron chi connectivity index (χ3n) is 3.94. The number of ether oxygens (including phenoxy) is 1. The molecule has 0 fully saturated rings. The van der Waals surface area contributed by atoms with Crippen molar-refractivity contribution in [3.63, 3.8) is 0 Å². The summed E-state index contributed by atoms with van der Waals surface area (Å²) in [7, 11) is 1.59. The van der Waals surface area contributed by atoms with Crippen molar-refractivity contribution in [2.75, 3.05) is 12.8 Å². The van der Waals surface area contributed by atoms with Gasteiger partial charge in [-0.3, -0.25) is 9.59 Å². The highest BCUT2D eigenvalue weighted by Crippen LogP contribution is 2.19. The standard InChI is InChI=1S/C19H20N4O4/c1-12-3-8-17(27-12)16-9-15(20)19(25)23(22-16)11-18(24)21-10-13-4-6-14(26-2)7-5-13/h3-9H,10-11,20H2,1-2H3,(H,21,24). The zero-order valence-corrected chi connectivity index (χ0v) is 15.1. The Morgan fingerprint density at radius 3 is 2.63 bits per heavy atom. The van der Waals surface area contributed by atoms with Crippen LogP contribution < -0.4 is 21.3 Å². The predicted molar refractivity (Wildman–Crippen MR) is 100 cm³/mol. The molecule has 8 nitrogen and oxygen atoms in total. The maximum absolute atomic E-state index is 12.2. The van der Waals surface area contributed by atoms with Crippen molar-refractivity contribution < 1.29 is 13.9 Å². The van der Waals surface area contributed by atoms with Gasteiger partial charge in [0.25, 0.3) is 5.56 Å². The zero-order chi connectivity index (χ0) is 19.4. The number of furan rings is 1. The molecule has 2 aromatic heterocycles. The van der Waals surface area contributed by atoms with Gasteiger partial charge in [0.2, 0.25) is 5.91 Å². The quantitative estimate of drug-likeness (QED) is 0.685. The number of carbonyl (C=O) groups excluding carboxylic acids is 1. The van der Waals surface area contributed by atoms with Crippen molar-refractivity contribution in [1.82, 2.24) is 15.1 Å². The maximum atomic E-state index is 12.2. The van der Waals surface area contributed by atoms with E-state index in [0.29, 0.717) is 23.8 Å². The number of hydrogen-bond donors (Lipinski definition) is 2. The van der Waals surface area contributed by atoms with Crippen molar-refractivity contribution in [1.29, 1.82) is 0 Å². The molecule has 0 aliphatic carbocycles. The Bertz CT molecular complexity index is 1010. The number of hydrogen-bond acceptors (Lipinski definition) is 6. The summed E-state index contributed by atoms with van der Waals surface area (Å²) in [5.74, 6) is 1.57. The van der Waals surface area contributed by atoms with E-state index in [-0.39, 0.29) is 18.1 Å². The number of benzene rings is 1. The number of rotatable bonds is 6. The second kappa shape index (κ2) is 7.77. The van der Waals surface area contributed by atoms with E-state index in [4.69, 9.17) is 14.9 Å². The van der Waals surface area contributed by atoms with Crippen molar-refractivity contribution in [3.05, 3.63) is 64.1 Å². The van der Waals surface area contributed by atoms with E-state index < -0.39 is 5.56 Å². The van der Waals surface area contributed by atoms with Gasteiger partial charge >= 0.3 is 0 Å². The lowest BCUT2D eigenvalue weighted by atomic mass is 10.2. The Balaban J connectivity index is 1.71. The van der Waals surface area contributed by atoms with Gasteiger partial charge in [0, 0.05) is 6.54 Å². The van der Waals surface area contributed by atoms with Crippen LogP contribution in [0, 0.1) is 6.92 Å². The van der Waals surface area contributed by atoms with Gasteiger partial charge in [0.1, 0.15) is 29.4 Å². The highest BCUT2D eigenvalue weighted by molar-refractivity contribution is 5.75. The predicted octanol–water partition coefficient (Wildman–Crippen LogP) is 1.72. The average molecular weight is 368 g/mol. The lowest BCUT2D eigenvalue weighted by molar-refractivity contribution is -0.122. The summed E-state index contributed by atoms with van der Waals surface area (Å²) in [6.45, 7) is 1.88. The highest BCUT2D eigenvalue weighted by atomic mass is 16.5. The number of nitrogens with one attached hydrogen (secondary N) is 1. The molecule has 0 radical (unpaired) electrons. The van der Waals surface area contributed by atoms with E-state index in [9.17, 15) is 9.59 Å². The van der Waals surface area contributed by atoms with Crippen LogP contribution in [-0.4, -0.2) is 22.8 Å². The molecule has 2 heterocycles. The largest absolute Gasteiger partial charge is 0.497 e. The van der Waals surface area contributed by atoms with Crippen molar-refractivity contribution in [3.8, 4) is 17.2 Å². The van der Waals surface area contributed by atoms with E-state index in [1.807, 2.05) is 24.3 Å². The molecule has 3 N–H and O–H groups in total. The van der Waals surface area contributed by atoms with Gasteiger partial charge in [-0.05, 0) is 42.8 Å². The van der Waals surface area contributed by atoms with Crippen LogP contribution in [0.5, 0.6) is 5.75 Å². The van der Waals surface area contributed by atoms with Gasteiger partial charge in [0.05, 0.1) is 7.11 Å². The van der Waals surface area contributed by atoms with Crippen LogP contribution in [0.25, 0.3) is 11.5 Å². The van der Waals surface area contributed by atoms with Gasteiger partial charge in [-0.2, -0.15) is 5.10 Å². The minimum Gasteiger partial charge on any atom is -0.497 e. The molecule has 0 spiro atoms. The van der Waals surface area contributed by atoms with E-state index in [0.717, 1.165) is 16.0 Å². The first-order valence-corrected chi connectivity index (χ1v) is 8.30. The van der Waals surface area contributed by atoms with Crippen molar-refractivity contribution >= 4 is 11.6 Å². The number of methoxy groups -OCH3 is 1. The SMILES string of the molecule is COc1ccc(CNC(=O)Cn2nc(-c3ccc(C)o3)cc(N)c2=O)cc1. The third-order valence-corrected chi connectivity index (χ3v) is 3.94. The van der Waals surface area contributed by atoms with Gasteiger partial charge < -0.3 is 20.2 Å². The Morgan fingerprint density at radius 2 is 2.00 bits per heavy atom. The molecule has 0 bridgehead atoms. The first kappa shape index (κ1) is 18.2. The molecule has 1 amide bonds. The summed E-state index contributed by atoms with van der Waals surface area (Å²) >= 11 is 0. The molecular weight excluding hydrogens is 348 g/mol. The maximum Gasteiger partial charge on any atom is 0.290 e. The molecule has 8 heteroatoms. The van der Waals surface area contributed by atoms with Crippen LogP contribution in [0.3, 0.4) is 0 Å². The second-order valence-electron chi connectivity index (χ2n) is 5.98. The average Bonchev–Trinajstić information content (AvgIpc) is 3.10. The molecule has 3 aromatic rings. The Labute approximate surface area is 155 Å². The normalized spacial score (nSPS) is 10.6. The van der Waals surface area contributed by atoms with Crippen LogP contribution in [0.1, 0.15) is 11.3 Å². The van der Waals surface area contributed by atoms with Crippen LogP contribution in [0.4, 0.5) is 5.69 Å². The summed E-state index contributed by atoms with van der Waals surface area (Å²) in [6, 6.07) is 12.3. The fourth-order valence-electron chi connectivity index (χ4n) is 2.50. The number of aromatic nitrogens is 2. The summed E-state index contributed by atoms with van der Waals surface area (Å²) in [6.07, 6.45) is 0. The van der Waals surface area contributed by atoms with E-state index in [2.05, 4.69) is 10.4 Å². The number of nitrogens with zero attached hydrogens (tertiary/aromatic N) is 2. The molecule has 140 valence electrons. The summed E-state index contributed by atoms with van der Waals surface area (Å²) < 4.78 is 11.6. The molecule has 0 atom stereocenters. The van der Waals surface area contributed by atoms with Crippen LogP contribution in [-0.2, 0) is 17.9 Å². The molecular formula is C19H20N4O4. The zero-order valence-electron chi connectivity index (χ0n) is 15.1. The lowest BCUT2D eigenvalue weighted by Gasteiger charge is -2.09. The van der Waals surface area contributed by atoms with Gasteiger partial charge in [0.15, 0.2) is 5.76 Å². The van der Waals surface area contributed by atoms with Crippen LogP contribution in [0.15, 0.2) is 51.7 Å². The monoisotopic (exact) mass is 368 g/mol. The Morgan fingerprint density at radius 1 is 1.26 bits per heavy atom. The number of nitrogen functional groups attached to an aromatic ring is 1. The van der Waals surface area contributed by atoms with Gasteiger partial charge in [-0.1, -0.05) is 12.1 Å². The number of amides is 1. The lowest BCUT2D eigenvalue weighted by Crippen LogP contribution is -2.34. The number of carbonyl (C=O) groups is 1. The third kappa shape index (κ3) is 4.35. The number of aryl methyl sites for hydroxylation is 1. The van der Waals surface area contributed by atoms with Crippen molar-refractivity contribution in [2.45, 2.75) is 20.0 Å². The molecule has 0 unspecified atom stereocenters. The highest BCUT2D eigenvalue weighted by Gasteiger charge is 2.13. The molecule has 1 aromatic carbocycles. The fourth-order valence-corrected chi connectivity index (χ4v) is 2.50. The van der Waals surface area contributed by atoms with E-state index in [1.54, 1.807) is 26.2 Å². The number of nitrogens with two attached hydrogens (primary N) is 1. The molecule has 27 heavy (non-hydrogen) atoms. The topological polar surface area (TPSA) is 112 Å². The first-order chi connectivity index (χ1) is 13.0. The number of anilines is 1. The first-order valence-electron chi connectivity index (χ1n) is 8.30. The van der Waals surface area contributed by atoms with Crippen molar-refractivity contribution in [2.24, 2.45) is 0 Å². The fraction of sp³-hybridized carbons (Fsp3) is 0.211. The van der Waals surface area contributed by atoms with Gasteiger partial charge in [-0.25, -0.2) is 4.68 Å². The smallest absolute Gasteiger partial charge is 0.290 e. The second-order valence-corrected chi connectivity index (χ2v) is 5.98. The molecule has 3 rings (SSSR count). The summed E-state index contributed by atoms with van der Waals surface area (Å²) in [5.41, 5.74) is 6.54. The minimum absolute atomic E-state index is 0.00277. The minimum atomic E-state index is -0.526. The summed E-state index contributed by atoms with van der Waals surface area (Å²) in [4.78, 5) is 24.4. The van der Waals surface area contributed by atoms with Crippen LogP contribution >= 0.6 is 0 Å². The van der Waals surface area contributed by atoms with Gasteiger partial charge in [-0.15, -0.1) is 0 Å². The molecule has 0 saturated heterocycles.